The Labute approximate surface area is 216 Å². The van der Waals surface area contributed by atoms with Gasteiger partial charge < -0.3 is 9.80 Å². The molecular weight excluding hydrogens is 464 g/mol. The summed E-state index contributed by atoms with van der Waals surface area (Å²) in [5.74, 6) is -0.452. The molecule has 3 aromatic carbocycles. The number of amides is 2. The van der Waals surface area contributed by atoms with E-state index >= 15 is 0 Å². The minimum atomic E-state index is -0.430. The van der Waals surface area contributed by atoms with Gasteiger partial charge in [0.25, 0.3) is 0 Å². The summed E-state index contributed by atoms with van der Waals surface area (Å²) in [6.45, 7) is 1.15. The second-order valence-electron chi connectivity index (χ2n) is 9.27. The average Bonchev–Trinajstić information content (AvgIpc) is 3.63. The molecule has 0 unspecified atom stereocenters. The molecule has 4 aromatic rings. The maximum Gasteiger partial charge on any atom is 0.242 e. The van der Waals surface area contributed by atoms with E-state index in [0.29, 0.717) is 13.1 Å². The summed E-state index contributed by atoms with van der Waals surface area (Å²) < 4.78 is 0. The quantitative estimate of drug-likeness (QED) is 0.267. The number of nitrogens with zero attached hydrogens (tertiary/aromatic N) is 2. The Balaban J connectivity index is 1.41. The number of hydrogen-bond acceptors (Lipinski definition) is 3. The summed E-state index contributed by atoms with van der Waals surface area (Å²) in [5, 5.41) is 2.03. The molecule has 0 atom stereocenters. The van der Waals surface area contributed by atoms with Crippen molar-refractivity contribution in [2.45, 2.75) is 37.9 Å². The van der Waals surface area contributed by atoms with Crippen molar-refractivity contribution in [1.29, 1.82) is 0 Å². The highest BCUT2D eigenvalue weighted by atomic mass is 32.1. The van der Waals surface area contributed by atoms with Gasteiger partial charge in [-0.15, -0.1) is 11.3 Å². The van der Waals surface area contributed by atoms with Gasteiger partial charge in [-0.1, -0.05) is 97.1 Å². The van der Waals surface area contributed by atoms with Crippen molar-refractivity contribution in [3.8, 4) is 0 Å². The third-order valence-corrected chi connectivity index (χ3v) is 7.45. The van der Waals surface area contributed by atoms with Crippen LogP contribution in [0.25, 0.3) is 0 Å². The van der Waals surface area contributed by atoms with E-state index in [-0.39, 0.29) is 24.4 Å². The van der Waals surface area contributed by atoms with Crippen molar-refractivity contribution in [3.05, 3.63) is 130 Å². The zero-order valence-corrected chi connectivity index (χ0v) is 21.0. The Morgan fingerprint density at radius 1 is 0.750 bits per heavy atom. The number of hydrogen-bond donors (Lipinski definition) is 0. The molecule has 1 saturated carbocycles. The largest absolute Gasteiger partial charge is 0.332 e. The first-order chi connectivity index (χ1) is 17.7. The maximum absolute atomic E-state index is 14.1. The molecule has 0 bridgehead atoms. The van der Waals surface area contributed by atoms with E-state index in [1.54, 1.807) is 11.3 Å². The van der Waals surface area contributed by atoms with E-state index in [1.165, 1.54) is 0 Å². The van der Waals surface area contributed by atoms with Crippen molar-refractivity contribution >= 4 is 23.2 Å². The first-order valence-electron chi connectivity index (χ1n) is 12.4. The van der Waals surface area contributed by atoms with E-state index in [2.05, 4.69) is 6.07 Å². The van der Waals surface area contributed by atoms with Crippen LogP contribution in [-0.4, -0.2) is 34.2 Å². The lowest BCUT2D eigenvalue weighted by Crippen LogP contribution is -2.45. The molecule has 2 amide bonds. The third-order valence-electron chi connectivity index (χ3n) is 6.58. The van der Waals surface area contributed by atoms with Gasteiger partial charge in [-0.05, 0) is 41.0 Å². The zero-order valence-electron chi connectivity index (χ0n) is 20.2. The van der Waals surface area contributed by atoms with Crippen molar-refractivity contribution in [2.75, 3.05) is 6.54 Å². The molecule has 0 N–H and O–H groups in total. The normalized spacial score (nSPS) is 12.9. The fraction of sp³-hybridized carbons (Fsp3) is 0.226. The minimum Gasteiger partial charge on any atom is -0.332 e. The molecule has 182 valence electrons. The lowest BCUT2D eigenvalue weighted by atomic mass is 9.90. The summed E-state index contributed by atoms with van der Waals surface area (Å²) in [6.07, 6.45) is 1.89. The molecule has 0 radical (unpaired) electrons. The van der Waals surface area contributed by atoms with E-state index in [4.69, 9.17) is 0 Å². The Morgan fingerprint density at radius 3 is 1.86 bits per heavy atom. The van der Waals surface area contributed by atoms with Gasteiger partial charge in [0.05, 0.1) is 12.5 Å². The van der Waals surface area contributed by atoms with Crippen LogP contribution in [0, 0.1) is 0 Å². The highest BCUT2D eigenvalue weighted by Crippen LogP contribution is 2.33. The fourth-order valence-corrected chi connectivity index (χ4v) is 5.30. The topological polar surface area (TPSA) is 40.6 Å². The molecule has 1 heterocycles. The van der Waals surface area contributed by atoms with Crippen molar-refractivity contribution in [1.82, 2.24) is 9.80 Å². The van der Waals surface area contributed by atoms with Gasteiger partial charge in [0.15, 0.2) is 0 Å². The Morgan fingerprint density at radius 2 is 1.33 bits per heavy atom. The minimum absolute atomic E-state index is 0.000894. The molecule has 1 aliphatic carbocycles. The number of rotatable bonds is 10. The average molecular weight is 495 g/mol. The summed E-state index contributed by atoms with van der Waals surface area (Å²) in [7, 11) is 0. The smallest absolute Gasteiger partial charge is 0.242 e. The Bertz CT molecular complexity index is 1220. The number of carbonyl (C=O) groups is 2. The van der Waals surface area contributed by atoms with Gasteiger partial charge in [-0.25, -0.2) is 0 Å². The molecule has 0 spiro atoms. The predicted octanol–water partition coefficient (Wildman–Crippen LogP) is 6.10. The Hall–Kier alpha value is -3.70. The van der Waals surface area contributed by atoms with Crippen LogP contribution in [0.5, 0.6) is 0 Å². The van der Waals surface area contributed by atoms with Crippen molar-refractivity contribution < 1.29 is 9.59 Å². The molecule has 5 heteroatoms. The third kappa shape index (κ3) is 5.92. The lowest BCUT2D eigenvalue weighted by molar-refractivity contribution is -0.142. The van der Waals surface area contributed by atoms with E-state index < -0.39 is 5.92 Å². The van der Waals surface area contributed by atoms with E-state index in [1.807, 2.05) is 112 Å². The molecule has 1 fully saturated rings. The summed E-state index contributed by atoms with van der Waals surface area (Å²) in [5.41, 5.74) is 2.98. The van der Waals surface area contributed by atoms with Crippen LogP contribution in [0.4, 0.5) is 0 Å². The van der Waals surface area contributed by atoms with E-state index in [9.17, 15) is 9.59 Å². The van der Waals surface area contributed by atoms with Gasteiger partial charge in [-0.2, -0.15) is 0 Å². The van der Waals surface area contributed by atoms with Gasteiger partial charge in [0.2, 0.25) is 11.8 Å². The van der Waals surface area contributed by atoms with Crippen LogP contribution in [0.1, 0.15) is 40.3 Å². The van der Waals surface area contributed by atoms with Crippen LogP contribution in [0.3, 0.4) is 0 Å². The molecule has 5 rings (SSSR count). The Kier molecular flexibility index (Phi) is 7.58. The van der Waals surface area contributed by atoms with Crippen LogP contribution in [0.15, 0.2) is 109 Å². The van der Waals surface area contributed by atoms with Crippen molar-refractivity contribution in [3.63, 3.8) is 0 Å². The first-order valence-corrected chi connectivity index (χ1v) is 13.3. The summed E-state index contributed by atoms with van der Waals surface area (Å²) in [6, 6.07) is 34.0. The number of carbonyl (C=O) groups excluding carboxylic acids is 2. The molecular formula is C31H30N2O2S. The summed E-state index contributed by atoms with van der Waals surface area (Å²) >= 11 is 1.65. The van der Waals surface area contributed by atoms with Gasteiger partial charge >= 0.3 is 0 Å². The van der Waals surface area contributed by atoms with Crippen molar-refractivity contribution in [2.24, 2.45) is 0 Å². The molecule has 1 aromatic heterocycles. The maximum atomic E-state index is 14.1. The van der Waals surface area contributed by atoms with E-state index in [0.717, 1.165) is 34.4 Å². The van der Waals surface area contributed by atoms with Gasteiger partial charge in [0, 0.05) is 17.5 Å². The summed E-state index contributed by atoms with van der Waals surface area (Å²) in [4.78, 5) is 32.7. The monoisotopic (exact) mass is 494 g/mol. The van der Waals surface area contributed by atoms with Crippen LogP contribution >= 0.6 is 11.3 Å². The number of benzene rings is 3. The van der Waals surface area contributed by atoms with Gasteiger partial charge in [-0.3, -0.25) is 9.59 Å². The fourth-order valence-electron chi connectivity index (χ4n) is 4.58. The van der Waals surface area contributed by atoms with Gasteiger partial charge in [0.1, 0.15) is 6.54 Å². The van der Waals surface area contributed by atoms with Crippen LogP contribution < -0.4 is 0 Å². The second kappa shape index (κ2) is 11.4. The second-order valence-corrected chi connectivity index (χ2v) is 10.3. The number of thiophene rings is 1. The standard InChI is InChI=1S/C31H30N2O2S/c34-29(32(22-28-17-10-20-36-28)21-24-11-4-1-5-12-24)23-33(27-18-19-27)31(35)30(25-13-6-2-7-14-25)26-15-8-3-9-16-26/h1-17,20,27,30H,18-19,21-23H2. The highest BCUT2D eigenvalue weighted by Gasteiger charge is 2.38. The molecule has 4 nitrogen and oxygen atoms in total. The molecule has 36 heavy (non-hydrogen) atoms. The predicted molar refractivity (Wildman–Crippen MR) is 144 cm³/mol. The molecule has 1 aliphatic rings. The SMILES string of the molecule is O=C(CN(C(=O)C(c1ccccc1)c1ccccc1)C1CC1)N(Cc1ccccc1)Cc1cccs1. The molecule has 0 aliphatic heterocycles. The van der Waals surface area contributed by atoms with Crippen LogP contribution in [-0.2, 0) is 22.7 Å². The van der Waals surface area contributed by atoms with Crippen LogP contribution in [0.2, 0.25) is 0 Å². The molecule has 0 saturated heterocycles. The highest BCUT2D eigenvalue weighted by molar-refractivity contribution is 7.09. The lowest BCUT2D eigenvalue weighted by Gasteiger charge is -2.30. The zero-order chi connectivity index (χ0) is 24.7. The first kappa shape index (κ1) is 24.0.